The molecule has 2 fully saturated rings. The van der Waals surface area contributed by atoms with Crippen LogP contribution in [0.2, 0.25) is 0 Å². The van der Waals surface area contributed by atoms with Gasteiger partial charge in [-0.2, -0.15) is 0 Å². The van der Waals surface area contributed by atoms with Gasteiger partial charge in [0.1, 0.15) is 6.10 Å². The van der Waals surface area contributed by atoms with Gasteiger partial charge in [-0.25, -0.2) is 15.0 Å². The van der Waals surface area contributed by atoms with E-state index in [4.69, 9.17) is 4.74 Å². The van der Waals surface area contributed by atoms with E-state index in [9.17, 15) is 0 Å². The van der Waals surface area contributed by atoms with Crippen molar-refractivity contribution in [2.24, 2.45) is 0 Å². The molecule has 0 bridgehead atoms. The SMILES string of the molecule is CN1CCN(c2nccnc2OC2CC(Nc3nc4ccccc4s3)C2)CC1. The van der Waals surface area contributed by atoms with Gasteiger partial charge in [0.2, 0.25) is 0 Å². The number of thiazole rings is 1. The van der Waals surface area contributed by atoms with Crippen molar-refractivity contribution in [1.29, 1.82) is 0 Å². The summed E-state index contributed by atoms with van der Waals surface area (Å²) in [7, 11) is 2.15. The van der Waals surface area contributed by atoms with E-state index < -0.39 is 0 Å². The number of nitrogens with one attached hydrogen (secondary N) is 1. The minimum atomic E-state index is 0.176. The number of ether oxygens (including phenoxy) is 1. The Balaban J connectivity index is 1.18. The van der Waals surface area contributed by atoms with E-state index in [1.165, 1.54) is 4.70 Å². The summed E-state index contributed by atoms with van der Waals surface area (Å²) in [4.78, 5) is 18.3. The third-order valence-corrected chi connectivity index (χ3v) is 6.41. The zero-order chi connectivity index (χ0) is 18.9. The molecule has 7 nitrogen and oxygen atoms in total. The monoisotopic (exact) mass is 396 g/mol. The Morgan fingerprint density at radius 1 is 1.07 bits per heavy atom. The maximum Gasteiger partial charge on any atom is 0.257 e. The van der Waals surface area contributed by atoms with Crippen molar-refractivity contribution in [2.75, 3.05) is 43.4 Å². The largest absolute Gasteiger partial charge is 0.472 e. The number of anilines is 2. The summed E-state index contributed by atoms with van der Waals surface area (Å²) in [5, 5.41) is 4.53. The number of para-hydroxylation sites is 1. The van der Waals surface area contributed by atoms with Crippen LogP contribution in [0.3, 0.4) is 0 Å². The van der Waals surface area contributed by atoms with Crippen molar-refractivity contribution in [3.05, 3.63) is 36.7 Å². The van der Waals surface area contributed by atoms with Gasteiger partial charge in [0.05, 0.1) is 10.2 Å². The molecule has 1 saturated heterocycles. The zero-order valence-corrected chi connectivity index (χ0v) is 16.7. The lowest BCUT2D eigenvalue weighted by Crippen LogP contribution is -2.46. The molecular weight excluding hydrogens is 372 g/mol. The molecule has 1 N–H and O–H groups in total. The lowest BCUT2D eigenvalue weighted by atomic mass is 9.89. The van der Waals surface area contributed by atoms with Crippen LogP contribution in [0.4, 0.5) is 10.9 Å². The van der Waals surface area contributed by atoms with E-state index in [1.807, 2.05) is 6.07 Å². The first kappa shape index (κ1) is 17.6. The Morgan fingerprint density at radius 2 is 1.86 bits per heavy atom. The molecule has 0 spiro atoms. The smallest absolute Gasteiger partial charge is 0.257 e. The second-order valence-electron chi connectivity index (χ2n) is 7.51. The molecule has 0 radical (unpaired) electrons. The summed E-state index contributed by atoms with van der Waals surface area (Å²) in [6.07, 6.45) is 5.54. The predicted molar refractivity (Wildman–Crippen MR) is 112 cm³/mol. The van der Waals surface area contributed by atoms with E-state index >= 15 is 0 Å². The fourth-order valence-electron chi connectivity index (χ4n) is 3.68. The Kier molecular flexibility index (Phi) is 4.74. The van der Waals surface area contributed by atoms with E-state index in [0.717, 1.165) is 55.5 Å². The number of likely N-dealkylation sites (N-methyl/N-ethyl adjacent to an activating group) is 1. The Morgan fingerprint density at radius 3 is 2.68 bits per heavy atom. The average molecular weight is 397 g/mol. The van der Waals surface area contributed by atoms with Crippen molar-refractivity contribution in [3.8, 4) is 5.88 Å². The van der Waals surface area contributed by atoms with E-state index in [1.54, 1.807) is 23.7 Å². The molecule has 0 atom stereocenters. The summed E-state index contributed by atoms with van der Waals surface area (Å²) in [6.45, 7) is 3.98. The Labute approximate surface area is 168 Å². The number of rotatable bonds is 5. The minimum Gasteiger partial charge on any atom is -0.472 e. The first-order valence-electron chi connectivity index (χ1n) is 9.78. The summed E-state index contributed by atoms with van der Waals surface area (Å²) in [5.74, 6) is 1.54. The van der Waals surface area contributed by atoms with Crippen molar-refractivity contribution in [3.63, 3.8) is 0 Å². The van der Waals surface area contributed by atoms with Gasteiger partial charge in [0.15, 0.2) is 10.9 Å². The van der Waals surface area contributed by atoms with Crippen LogP contribution in [0.5, 0.6) is 5.88 Å². The number of piperazine rings is 1. The Hall–Kier alpha value is -2.45. The van der Waals surface area contributed by atoms with Crippen LogP contribution in [-0.2, 0) is 0 Å². The van der Waals surface area contributed by atoms with Crippen molar-refractivity contribution < 1.29 is 4.74 Å². The summed E-state index contributed by atoms with van der Waals surface area (Å²) in [5.41, 5.74) is 1.05. The third kappa shape index (κ3) is 3.62. The summed E-state index contributed by atoms with van der Waals surface area (Å²) < 4.78 is 7.42. The predicted octanol–water partition coefficient (Wildman–Crippen LogP) is 2.86. The van der Waals surface area contributed by atoms with Crippen LogP contribution in [0.15, 0.2) is 36.7 Å². The highest BCUT2D eigenvalue weighted by Crippen LogP contribution is 2.33. The standard InChI is InChI=1S/C20H24N6OS/c1-25-8-10-26(11-9-25)18-19(22-7-6-21-18)27-15-12-14(13-15)23-20-24-16-4-2-3-5-17(16)28-20/h2-7,14-15H,8-13H2,1H3,(H,23,24). The second kappa shape index (κ2) is 7.52. The molecule has 5 rings (SSSR count). The van der Waals surface area contributed by atoms with Gasteiger partial charge in [-0.3, -0.25) is 0 Å². The molecule has 0 amide bonds. The highest BCUT2D eigenvalue weighted by Gasteiger charge is 2.33. The van der Waals surface area contributed by atoms with Crippen LogP contribution in [0, 0.1) is 0 Å². The molecule has 1 aliphatic carbocycles. The molecule has 2 aliphatic rings. The molecule has 1 aromatic carbocycles. The fourth-order valence-corrected chi connectivity index (χ4v) is 4.63. The van der Waals surface area contributed by atoms with Crippen LogP contribution >= 0.6 is 11.3 Å². The quantitative estimate of drug-likeness (QED) is 0.711. The van der Waals surface area contributed by atoms with Crippen molar-refractivity contribution >= 4 is 32.5 Å². The molecule has 3 heterocycles. The van der Waals surface area contributed by atoms with Gasteiger partial charge in [-0.1, -0.05) is 23.5 Å². The maximum atomic E-state index is 6.20. The van der Waals surface area contributed by atoms with E-state index in [0.29, 0.717) is 11.9 Å². The minimum absolute atomic E-state index is 0.176. The van der Waals surface area contributed by atoms with E-state index in [2.05, 4.69) is 55.3 Å². The second-order valence-corrected chi connectivity index (χ2v) is 8.55. The lowest BCUT2D eigenvalue weighted by molar-refractivity contribution is 0.102. The van der Waals surface area contributed by atoms with Gasteiger partial charge >= 0.3 is 0 Å². The van der Waals surface area contributed by atoms with E-state index in [-0.39, 0.29) is 6.10 Å². The summed E-state index contributed by atoms with van der Waals surface area (Å²) in [6, 6.07) is 8.64. The normalized spacial score (nSPS) is 22.8. The highest BCUT2D eigenvalue weighted by atomic mass is 32.1. The average Bonchev–Trinajstić information content (AvgIpc) is 3.10. The maximum absolute atomic E-state index is 6.20. The number of nitrogens with zero attached hydrogens (tertiary/aromatic N) is 5. The molecule has 0 unspecified atom stereocenters. The van der Waals surface area contributed by atoms with Gasteiger partial charge in [-0.15, -0.1) is 0 Å². The van der Waals surface area contributed by atoms with Gasteiger partial charge < -0.3 is 19.9 Å². The topological polar surface area (TPSA) is 66.4 Å². The van der Waals surface area contributed by atoms with Crippen LogP contribution in [0.25, 0.3) is 10.2 Å². The highest BCUT2D eigenvalue weighted by molar-refractivity contribution is 7.22. The number of fused-ring (bicyclic) bond motifs is 1. The lowest BCUT2D eigenvalue weighted by Gasteiger charge is -2.37. The first-order valence-corrected chi connectivity index (χ1v) is 10.6. The number of aromatic nitrogens is 3. The number of benzene rings is 1. The number of hydrogen-bond acceptors (Lipinski definition) is 8. The molecule has 1 aliphatic heterocycles. The molecule has 28 heavy (non-hydrogen) atoms. The first-order chi connectivity index (χ1) is 13.7. The van der Waals surface area contributed by atoms with Gasteiger partial charge in [0.25, 0.3) is 5.88 Å². The zero-order valence-electron chi connectivity index (χ0n) is 15.9. The molecule has 2 aromatic heterocycles. The molecule has 146 valence electrons. The molecule has 8 heteroatoms. The van der Waals surface area contributed by atoms with Gasteiger partial charge in [0, 0.05) is 57.5 Å². The van der Waals surface area contributed by atoms with Crippen LogP contribution in [-0.4, -0.2) is 65.2 Å². The molecular formula is C20H24N6OS. The van der Waals surface area contributed by atoms with Crippen molar-refractivity contribution in [1.82, 2.24) is 19.9 Å². The molecule has 1 saturated carbocycles. The van der Waals surface area contributed by atoms with Crippen molar-refractivity contribution in [2.45, 2.75) is 25.0 Å². The Bertz CT molecular complexity index is 916. The molecule has 3 aromatic rings. The third-order valence-electron chi connectivity index (χ3n) is 5.44. The summed E-state index contributed by atoms with van der Waals surface area (Å²) >= 11 is 1.71. The van der Waals surface area contributed by atoms with Crippen LogP contribution in [0.1, 0.15) is 12.8 Å². The van der Waals surface area contributed by atoms with Crippen LogP contribution < -0.4 is 15.0 Å². The number of hydrogen-bond donors (Lipinski definition) is 1. The fraction of sp³-hybridized carbons (Fsp3) is 0.450. The van der Waals surface area contributed by atoms with Gasteiger partial charge in [-0.05, 0) is 19.2 Å².